The number of aryl methyl sites for hydroxylation is 2. The maximum absolute atomic E-state index is 12.9. The minimum Gasteiger partial charge on any atom is -0.481 e. The molecule has 26 heavy (non-hydrogen) atoms. The summed E-state index contributed by atoms with van der Waals surface area (Å²) in [6.45, 7) is 1.46. The van der Waals surface area contributed by atoms with Gasteiger partial charge in [-0.15, -0.1) is 4.83 Å². The van der Waals surface area contributed by atoms with Crippen LogP contribution in [0.25, 0.3) is 0 Å². The number of carbonyl (C=O) groups excluding carboxylic acids is 1. The monoisotopic (exact) mass is 378 g/mol. The van der Waals surface area contributed by atoms with E-state index >= 15 is 0 Å². The van der Waals surface area contributed by atoms with Gasteiger partial charge in [-0.25, -0.2) is 12.8 Å². The molecule has 0 saturated carbocycles. The van der Waals surface area contributed by atoms with Crippen molar-refractivity contribution in [2.75, 3.05) is 0 Å². The molecule has 3 rings (SSSR count). The van der Waals surface area contributed by atoms with Crippen LogP contribution in [0.4, 0.5) is 4.39 Å². The van der Waals surface area contributed by atoms with Crippen molar-refractivity contribution in [2.24, 2.45) is 0 Å². The van der Waals surface area contributed by atoms with Gasteiger partial charge < -0.3 is 4.74 Å². The number of nitrogens with one attached hydrogen (secondary N) is 2. The third kappa shape index (κ3) is 4.20. The van der Waals surface area contributed by atoms with E-state index in [1.807, 2.05) is 0 Å². The van der Waals surface area contributed by atoms with Crippen LogP contribution in [0, 0.1) is 5.82 Å². The Kier molecular flexibility index (Phi) is 5.24. The Morgan fingerprint density at radius 3 is 2.54 bits per heavy atom. The van der Waals surface area contributed by atoms with Crippen molar-refractivity contribution in [1.29, 1.82) is 0 Å². The predicted octanol–water partition coefficient (Wildman–Crippen LogP) is 2.09. The summed E-state index contributed by atoms with van der Waals surface area (Å²) >= 11 is 0. The third-order valence-electron chi connectivity index (χ3n) is 4.18. The molecule has 2 N–H and O–H groups in total. The van der Waals surface area contributed by atoms with E-state index in [1.165, 1.54) is 37.3 Å². The van der Waals surface area contributed by atoms with Crippen molar-refractivity contribution in [3.63, 3.8) is 0 Å². The number of hydrogen-bond acceptors (Lipinski definition) is 4. The molecule has 0 unspecified atom stereocenters. The Labute approximate surface area is 151 Å². The van der Waals surface area contributed by atoms with E-state index < -0.39 is 27.9 Å². The van der Waals surface area contributed by atoms with Crippen LogP contribution >= 0.6 is 0 Å². The molecule has 0 aromatic heterocycles. The van der Waals surface area contributed by atoms with Gasteiger partial charge in [-0.3, -0.25) is 10.2 Å². The van der Waals surface area contributed by atoms with Crippen molar-refractivity contribution < 1.29 is 22.3 Å². The molecule has 138 valence electrons. The second-order valence-corrected chi connectivity index (χ2v) is 7.78. The van der Waals surface area contributed by atoms with Gasteiger partial charge in [0.25, 0.3) is 15.9 Å². The van der Waals surface area contributed by atoms with Crippen molar-refractivity contribution in [3.05, 3.63) is 59.4 Å². The summed E-state index contributed by atoms with van der Waals surface area (Å²) in [6.07, 6.45) is 1.86. The highest BCUT2D eigenvalue weighted by molar-refractivity contribution is 7.89. The first-order valence-electron chi connectivity index (χ1n) is 8.21. The summed E-state index contributed by atoms with van der Waals surface area (Å²) in [6, 6.07) is 10.1. The Morgan fingerprint density at radius 1 is 1.12 bits per heavy atom. The van der Waals surface area contributed by atoms with Crippen LogP contribution in [0.15, 0.2) is 47.4 Å². The van der Waals surface area contributed by atoms with E-state index in [0.29, 0.717) is 5.75 Å². The summed E-state index contributed by atoms with van der Waals surface area (Å²) in [4.78, 5) is 14.2. The molecule has 2 aromatic carbocycles. The highest BCUT2D eigenvalue weighted by atomic mass is 32.2. The standard InChI is InChI=1S/C18H19FN2O4S/c1-12(25-16-8-6-15(19)7-9-16)18(22)20-21-26(23,24)17-10-5-13-3-2-4-14(13)11-17/h5-12,21H,2-4H2,1H3,(H,20,22)/t12-/m0/s1. The first-order chi connectivity index (χ1) is 12.3. The average Bonchev–Trinajstić information content (AvgIpc) is 3.09. The van der Waals surface area contributed by atoms with Crippen molar-refractivity contribution >= 4 is 15.9 Å². The van der Waals surface area contributed by atoms with E-state index in [0.717, 1.165) is 30.4 Å². The molecule has 1 aliphatic carbocycles. The third-order valence-corrected chi connectivity index (χ3v) is 5.43. The summed E-state index contributed by atoms with van der Waals surface area (Å²) in [5, 5.41) is 0. The van der Waals surface area contributed by atoms with Crippen LogP contribution < -0.4 is 15.0 Å². The van der Waals surface area contributed by atoms with Gasteiger partial charge in [0.15, 0.2) is 6.10 Å². The van der Waals surface area contributed by atoms with Crippen LogP contribution in [0.1, 0.15) is 24.5 Å². The number of fused-ring (bicyclic) bond motifs is 1. The molecule has 2 aromatic rings. The molecular weight excluding hydrogens is 359 g/mol. The SMILES string of the molecule is C[C@H](Oc1ccc(F)cc1)C(=O)NNS(=O)(=O)c1ccc2c(c1)CCC2. The highest BCUT2D eigenvalue weighted by Gasteiger charge is 2.21. The first-order valence-corrected chi connectivity index (χ1v) is 9.69. The molecule has 6 nitrogen and oxygen atoms in total. The molecule has 0 spiro atoms. The number of ether oxygens (including phenoxy) is 1. The summed E-state index contributed by atoms with van der Waals surface area (Å²) in [7, 11) is -3.88. The van der Waals surface area contributed by atoms with Gasteiger partial charge in [-0.2, -0.15) is 0 Å². The lowest BCUT2D eigenvalue weighted by atomic mass is 10.1. The normalized spacial score (nSPS) is 14.5. The first kappa shape index (κ1) is 18.3. The fourth-order valence-electron chi connectivity index (χ4n) is 2.76. The van der Waals surface area contributed by atoms with Gasteiger partial charge in [0.1, 0.15) is 11.6 Å². The summed E-state index contributed by atoms with van der Waals surface area (Å²) < 4.78 is 42.9. The van der Waals surface area contributed by atoms with Crippen molar-refractivity contribution in [3.8, 4) is 5.75 Å². The number of rotatable bonds is 6. The Morgan fingerprint density at radius 2 is 1.81 bits per heavy atom. The van der Waals surface area contributed by atoms with Gasteiger partial charge >= 0.3 is 0 Å². The lowest BCUT2D eigenvalue weighted by molar-refractivity contribution is -0.127. The zero-order valence-electron chi connectivity index (χ0n) is 14.2. The van der Waals surface area contributed by atoms with Crippen LogP contribution in [0.2, 0.25) is 0 Å². The highest BCUT2D eigenvalue weighted by Crippen LogP contribution is 2.24. The van der Waals surface area contributed by atoms with Gasteiger partial charge in [-0.1, -0.05) is 6.07 Å². The zero-order valence-corrected chi connectivity index (χ0v) is 15.0. The largest absolute Gasteiger partial charge is 0.481 e. The van der Waals surface area contributed by atoms with Gasteiger partial charge in [0.2, 0.25) is 0 Å². The van der Waals surface area contributed by atoms with Crippen molar-refractivity contribution in [2.45, 2.75) is 37.2 Å². The molecular formula is C18H19FN2O4S. The number of hydrazine groups is 1. The quantitative estimate of drug-likeness (QED) is 0.754. The molecule has 0 aliphatic heterocycles. The lowest BCUT2D eigenvalue weighted by Gasteiger charge is -2.15. The maximum Gasteiger partial charge on any atom is 0.275 e. The maximum atomic E-state index is 12.9. The van der Waals surface area contributed by atoms with E-state index in [1.54, 1.807) is 12.1 Å². The van der Waals surface area contributed by atoms with Crippen molar-refractivity contribution in [1.82, 2.24) is 10.3 Å². The fourth-order valence-corrected chi connectivity index (χ4v) is 3.66. The van der Waals surface area contributed by atoms with E-state index in [4.69, 9.17) is 4.74 Å². The zero-order chi connectivity index (χ0) is 18.7. The van der Waals surface area contributed by atoms with Gasteiger partial charge in [0, 0.05) is 0 Å². The fraction of sp³-hybridized carbons (Fsp3) is 0.278. The second-order valence-electron chi connectivity index (χ2n) is 6.09. The molecule has 1 atom stereocenters. The topological polar surface area (TPSA) is 84.5 Å². The molecule has 0 bridgehead atoms. The summed E-state index contributed by atoms with van der Waals surface area (Å²) in [5.41, 5.74) is 4.33. The van der Waals surface area contributed by atoms with Crippen LogP contribution in [0.5, 0.6) is 5.75 Å². The number of amides is 1. The number of halogens is 1. The van der Waals surface area contributed by atoms with E-state index in [-0.39, 0.29) is 4.90 Å². The van der Waals surface area contributed by atoms with Gasteiger partial charge in [-0.05, 0) is 73.7 Å². The minimum absolute atomic E-state index is 0.102. The number of sulfonamides is 1. The summed E-state index contributed by atoms with van der Waals surface area (Å²) in [5.74, 6) is -0.786. The molecule has 0 fully saturated rings. The predicted molar refractivity (Wildman–Crippen MR) is 93.4 cm³/mol. The van der Waals surface area contributed by atoms with E-state index in [9.17, 15) is 17.6 Å². The number of benzene rings is 2. The average molecular weight is 378 g/mol. The molecule has 0 heterocycles. The van der Waals surface area contributed by atoms with Crippen LogP contribution in [-0.2, 0) is 27.7 Å². The number of carbonyl (C=O) groups is 1. The van der Waals surface area contributed by atoms with Crippen LogP contribution in [-0.4, -0.2) is 20.4 Å². The smallest absolute Gasteiger partial charge is 0.275 e. The number of hydrogen-bond donors (Lipinski definition) is 2. The molecule has 8 heteroatoms. The molecule has 0 saturated heterocycles. The minimum atomic E-state index is -3.88. The second kappa shape index (κ2) is 7.43. The molecule has 1 amide bonds. The van der Waals surface area contributed by atoms with Gasteiger partial charge in [0.05, 0.1) is 4.90 Å². The Bertz CT molecular complexity index is 913. The van der Waals surface area contributed by atoms with Crippen LogP contribution in [0.3, 0.4) is 0 Å². The molecule has 0 radical (unpaired) electrons. The lowest BCUT2D eigenvalue weighted by Crippen LogP contribution is -2.47. The van der Waals surface area contributed by atoms with E-state index in [2.05, 4.69) is 10.3 Å². The molecule has 1 aliphatic rings. The Hall–Kier alpha value is -2.45. The Balaban J connectivity index is 1.60.